The number of Topliss-reactive ketones (excluding diaryl/α,β-unsaturated/α-hetero) is 3. The van der Waals surface area contributed by atoms with Gasteiger partial charge in [-0.3, -0.25) is 47.9 Å². The number of rotatable bonds is 75. The summed E-state index contributed by atoms with van der Waals surface area (Å²) < 4.78 is 0. The van der Waals surface area contributed by atoms with Gasteiger partial charge in [-0.05, 0) is 211 Å². The molecule has 3 atom stereocenters. The molecule has 0 aromatic carbocycles. The summed E-state index contributed by atoms with van der Waals surface area (Å²) in [6.45, 7) is 8.02. The number of hydrogen-bond donors (Lipinski definition) is 7. The Morgan fingerprint density at radius 3 is 0.850 bits per heavy atom. The second-order valence-corrected chi connectivity index (χ2v) is 27.8. The van der Waals surface area contributed by atoms with Crippen LogP contribution in [0, 0.1) is 0 Å². The van der Waals surface area contributed by atoms with Gasteiger partial charge in [0.05, 0.1) is 24.5 Å². The van der Waals surface area contributed by atoms with Crippen LogP contribution in [0.3, 0.4) is 0 Å². The highest BCUT2D eigenvalue weighted by Gasteiger charge is 2.26. The van der Waals surface area contributed by atoms with Gasteiger partial charge in [0, 0.05) is 88.9 Å². The lowest BCUT2D eigenvalue weighted by Gasteiger charge is -2.20. The van der Waals surface area contributed by atoms with Gasteiger partial charge in [-0.1, -0.05) is 180 Å². The molecule has 0 spiro atoms. The molecule has 0 aromatic rings. The van der Waals surface area contributed by atoms with E-state index in [4.69, 9.17) is 5.53 Å². The fourth-order valence-electron chi connectivity index (χ4n) is 11.5. The maximum atomic E-state index is 14.1. The summed E-state index contributed by atoms with van der Waals surface area (Å²) in [6, 6.07) is -3.00. The van der Waals surface area contributed by atoms with Gasteiger partial charge in [-0.15, -0.1) is 0 Å². The highest BCUT2D eigenvalue weighted by Crippen LogP contribution is 2.15. The van der Waals surface area contributed by atoms with Crippen LogP contribution in [-0.4, -0.2) is 108 Å². The van der Waals surface area contributed by atoms with Crippen LogP contribution in [0.2, 0.25) is 0 Å². The van der Waals surface area contributed by atoms with Gasteiger partial charge in [0.2, 0.25) is 35.4 Å². The number of unbranched alkanes of at least 4 members (excludes halogenated alkanes) is 20. The van der Waals surface area contributed by atoms with Crippen LogP contribution in [0.15, 0.2) is 114 Å². The fraction of sp³-hybridized carbons (Fsp3) is 0.678. The predicted molar refractivity (Wildman–Crippen MR) is 437 cm³/mol. The van der Waals surface area contributed by atoms with E-state index in [1.54, 1.807) is 0 Å². The van der Waals surface area contributed by atoms with Crippen LogP contribution in [0.1, 0.15) is 335 Å². The number of carbonyl (C=O) groups excluding carboxylic acids is 9. The third-order valence-corrected chi connectivity index (χ3v) is 18.0. The average molecular weight is 1490 g/mol. The van der Waals surface area contributed by atoms with Crippen LogP contribution in [0.5, 0.6) is 0 Å². The summed E-state index contributed by atoms with van der Waals surface area (Å²) in [6.07, 6.45) is 71.5. The molecule has 0 aliphatic rings. The largest absolute Gasteiger partial charge is 0.481 e. The van der Waals surface area contributed by atoms with Crippen LogP contribution in [-0.2, 0) is 47.9 Å². The molecule has 602 valence electrons. The predicted octanol–water partition coefficient (Wildman–Crippen LogP) is 19.1. The molecule has 6 amide bonds. The lowest BCUT2D eigenvalue weighted by atomic mass is 9.99. The molecule has 0 heterocycles. The van der Waals surface area contributed by atoms with E-state index in [-0.39, 0.29) is 87.2 Å². The monoisotopic (exact) mass is 1490 g/mol. The number of ketones is 3. The molecular weight excluding hydrogens is 1350 g/mol. The highest BCUT2D eigenvalue weighted by atomic mass is 16.4. The van der Waals surface area contributed by atoms with Crippen LogP contribution in [0.4, 0.5) is 0 Å². The van der Waals surface area contributed by atoms with Crippen molar-refractivity contribution in [2.75, 3.05) is 26.2 Å². The van der Waals surface area contributed by atoms with Gasteiger partial charge in [-0.25, -0.2) is 0 Å². The van der Waals surface area contributed by atoms with Crippen LogP contribution >= 0.6 is 0 Å². The Bertz CT molecular complexity index is 2720. The number of nitrogens with zero attached hydrogens (tertiary/aromatic N) is 3. The molecule has 20 heteroatoms. The summed E-state index contributed by atoms with van der Waals surface area (Å²) in [5.41, 5.74) is 8.63. The second kappa shape index (κ2) is 76.5. The van der Waals surface area contributed by atoms with Gasteiger partial charge in [-0.2, -0.15) is 0 Å². The third kappa shape index (κ3) is 69.7. The number of carbonyl (C=O) groups is 10. The van der Waals surface area contributed by atoms with Gasteiger partial charge in [0.15, 0.2) is 17.3 Å². The SMILES string of the molecule is CCCCC/C=C\C/C=C\C/C=C\CCCCC(=O)NCCCC[C@H](NC(=O)CCC(=O)[C@H](CCCCNC(=O)CCCC/C=C\C/C=C\C/C=C\CCCCC)NC(=O)CCC(=O)[C@H](CCCCNC(=O)CCCC/C=C\C/C=C\C/C=C\CCCCC)NC(=O)CCCCCN=[N+]=[N-])C(=O)CCC(=O)O. The Balaban J connectivity index is 5.78. The van der Waals surface area contributed by atoms with E-state index < -0.39 is 53.9 Å². The number of carboxylic acids is 1. The molecule has 20 nitrogen and oxygen atoms in total. The molecular formula is C87H143N9O11. The zero-order valence-electron chi connectivity index (χ0n) is 66.5. The van der Waals surface area contributed by atoms with E-state index in [9.17, 15) is 53.1 Å². The maximum Gasteiger partial charge on any atom is 0.303 e. The second-order valence-electron chi connectivity index (χ2n) is 27.8. The van der Waals surface area contributed by atoms with Crippen molar-refractivity contribution in [2.45, 2.75) is 354 Å². The number of azide groups is 1. The first-order valence-corrected chi connectivity index (χ1v) is 41.5. The van der Waals surface area contributed by atoms with E-state index >= 15 is 0 Å². The average Bonchev–Trinajstić information content (AvgIpc) is 0.912. The highest BCUT2D eigenvalue weighted by molar-refractivity contribution is 5.95. The molecule has 0 aliphatic carbocycles. The Morgan fingerprint density at radius 2 is 0.561 bits per heavy atom. The van der Waals surface area contributed by atoms with Gasteiger partial charge in [0.1, 0.15) is 0 Å². The quantitative estimate of drug-likeness (QED) is 0.00987. The van der Waals surface area contributed by atoms with Crippen molar-refractivity contribution < 1.29 is 53.1 Å². The molecule has 0 unspecified atom stereocenters. The molecule has 107 heavy (non-hydrogen) atoms. The van der Waals surface area contributed by atoms with Crippen LogP contribution < -0.4 is 31.9 Å². The number of amides is 6. The molecule has 0 aromatic heterocycles. The Kier molecular flexibility index (Phi) is 70.9. The number of allylic oxidation sites excluding steroid dienone is 18. The number of nitrogens with one attached hydrogen (secondary N) is 6. The standard InChI is InChI=1S/C87H143N9O11/c1-4-7-10-13-16-19-22-25-28-31-34-37-40-43-47-61-81(100)89-71-55-51-58-75(93-84(103)64-50-46-54-74-92-96-88)78(97)65-68-85(104)94-76(59-52-56-72-90-82(101)62-48-44-41-38-35-32-29-26-23-20-17-14-11-8-5-2)79(98)66-69-86(105)95-77(80(99)67-70-87(106)107)60-53-57-73-91-83(102)63-49-45-42-39-36-33-30-27-24-21-18-15-12-9-6-3/h16-21,25-30,34-39,75-77H,4-15,22-24,31-33,40-74H2,1-3H3,(H,89,100)(H,90,101)(H,91,102)(H,93,103)(H,94,104)(H,95,105)(H,106,107)/b19-16-,20-17-,21-18-,28-25-,29-26-,30-27-,37-34-,38-35-,39-36-/t75-,76-,77-/m0/s1. The summed E-state index contributed by atoms with van der Waals surface area (Å²) in [7, 11) is 0. The lowest BCUT2D eigenvalue weighted by molar-refractivity contribution is -0.139. The number of carboxylic acid groups (broad SMARTS) is 1. The normalized spacial score (nSPS) is 12.7. The van der Waals surface area contributed by atoms with E-state index in [1.807, 2.05) is 0 Å². The van der Waals surface area contributed by atoms with Crippen molar-refractivity contribution in [3.8, 4) is 0 Å². The first-order chi connectivity index (χ1) is 52.2. The minimum atomic E-state index is -1.16. The zero-order valence-corrected chi connectivity index (χ0v) is 66.5. The van der Waals surface area contributed by atoms with Gasteiger partial charge in [0.25, 0.3) is 0 Å². The smallest absolute Gasteiger partial charge is 0.303 e. The molecule has 0 rings (SSSR count). The summed E-state index contributed by atoms with van der Waals surface area (Å²) in [5.74, 6) is -4.22. The summed E-state index contributed by atoms with van der Waals surface area (Å²) in [5, 5.41) is 30.1. The zero-order chi connectivity index (χ0) is 78.4. The Morgan fingerprint density at radius 1 is 0.299 bits per heavy atom. The summed E-state index contributed by atoms with van der Waals surface area (Å²) in [4.78, 5) is 134. The topological polar surface area (TPSA) is 312 Å². The Labute approximate surface area is 645 Å². The maximum absolute atomic E-state index is 14.1. The van der Waals surface area contributed by atoms with Crippen LogP contribution in [0.25, 0.3) is 10.4 Å². The first-order valence-electron chi connectivity index (χ1n) is 41.5. The number of aliphatic carboxylic acids is 1. The Hall–Kier alpha value is -7.73. The van der Waals surface area contributed by atoms with Crippen molar-refractivity contribution in [3.63, 3.8) is 0 Å². The first kappa shape index (κ1) is 99.3. The van der Waals surface area contributed by atoms with E-state index in [2.05, 4.69) is 172 Å². The molecule has 0 fully saturated rings. The van der Waals surface area contributed by atoms with E-state index in [0.29, 0.717) is 103 Å². The molecule has 0 radical (unpaired) electrons. The van der Waals surface area contributed by atoms with E-state index in [0.717, 1.165) is 116 Å². The van der Waals surface area contributed by atoms with Gasteiger partial charge < -0.3 is 37.0 Å². The van der Waals surface area contributed by atoms with Gasteiger partial charge >= 0.3 is 5.97 Å². The van der Waals surface area contributed by atoms with Crippen molar-refractivity contribution in [1.29, 1.82) is 0 Å². The molecule has 0 aliphatic heterocycles. The minimum Gasteiger partial charge on any atom is -0.481 e. The molecule has 0 saturated heterocycles. The van der Waals surface area contributed by atoms with Crippen molar-refractivity contribution >= 4 is 58.8 Å². The van der Waals surface area contributed by atoms with Crippen molar-refractivity contribution in [1.82, 2.24) is 31.9 Å². The lowest BCUT2D eigenvalue weighted by Crippen LogP contribution is -2.44. The summed E-state index contributed by atoms with van der Waals surface area (Å²) >= 11 is 0. The fourth-order valence-corrected chi connectivity index (χ4v) is 11.5. The third-order valence-electron chi connectivity index (χ3n) is 18.0. The van der Waals surface area contributed by atoms with Crippen molar-refractivity contribution in [2.24, 2.45) is 5.11 Å². The minimum absolute atomic E-state index is 0.0525. The molecule has 0 saturated carbocycles. The van der Waals surface area contributed by atoms with E-state index in [1.165, 1.54) is 57.8 Å². The number of hydrogen-bond acceptors (Lipinski definition) is 11. The molecule has 0 bridgehead atoms. The van der Waals surface area contributed by atoms with Crippen molar-refractivity contribution in [3.05, 3.63) is 120 Å². The molecule has 7 N–H and O–H groups in total.